The number of benzene rings is 1. The molecular weight excluding hydrogens is 366 g/mol. The molecule has 0 atom stereocenters. The summed E-state index contributed by atoms with van der Waals surface area (Å²) < 4.78 is 12.5. The van der Waals surface area contributed by atoms with E-state index in [0.717, 1.165) is 33.8 Å². The average molecular weight is 385 g/mol. The van der Waals surface area contributed by atoms with Gasteiger partial charge in [-0.1, -0.05) is 40.1 Å². The summed E-state index contributed by atoms with van der Waals surface area (Å²) in [5.74, 6) is 2.07. The minimum absolute atomic E-state index is 0.185. The second-order valence-electron chi connectivity index (χ2n) is 6.92. The number of hydrogen-bond donors (Lipinski definition) is 0. The Morgan fingerprint density at radius 3 is 2.45 bits per heavy atom. The fraction of sp³-hybridized carbons (Fsp3) is 0.182. The molecular formula is C22H19N5O2. The Kier molecular flexibility index (Phi) is 4.61. The first-order valence-electron chi connectivity index (χ1n) is 9.12. The molecule has 0 saturated heterocycles. The van der Waals surface area contributed by atoms with Crippen LogP contribution in [-0.4, -0.2) is 19.9 Å². The van der Waals surface area contributed by atoms with Gasteiger partial charge in [-0.25, -0.2) is 0 Å². The largest absolute Gasteiger partial charge is 0.360 e. The van der Waals surface area contributed by atoms with Crippen molar-refractivity contribution >= 4 is 11.6 Å². The third-order valence-corrected chi connectivity index (χ3v) is 4.70. The Labute approximate surface area is 167 Å². The number of hydrogen-bond acceptors (Lipinski definition) is 6. The molecule has 0 saturated carbocycles. The molecule has 144 valence electrons. The summed E-state index contributed by atoms with van der Waals surface area (Å²) in [6.45, 7) is 7.80. The zero-order valence-electron chi connectivity index (χ0n) is 16.6. The van der Waals surface area contributed by atoms with Gasteiger partial charge in [0.05, 0.1) is 0 Å². The van der Waals surface area contributed by atoms with E-state index in [1.54, 1.807) is 6.08 Å². The van der Waals surface area contributed by atoms with E-state index in [-0.39, 0.29) is 5.89 Å². The Morgan fingerprint density at radius 1 is 1.03 bits per heavy atom. The van der Waals surface area contributed by atoms with Crippen LogP contribution in [0.25, 0.3) is 28.9 Å². The molecule has 29 heavy (non-hydrogen) atoms. The fourth-order valence-electron chi connectivity index (χ4n) is 3.20. The van der Waals surface area contributed by atoms with Gasteiger partial charge in [-0.3, -0.25) is 4.57 Å². The fourth-order valence-corrected chi connectivity index (χ4v) is 3.20. The number of nitrogens with zero attached hydrogens (tertiary/aromatic N) is 5. The van der Waals surface area contributed by atoms with Crippen molar-refractivity contribution in [3.63, 3.8) is 0 Å². The third-order valence-electron chi connectivity index (χ3n) is 4.70. The van der Waals surface area contributed by atoms with Gasteiger partial charge < -0.3 is 9.05 Å². The van der Waals surface area contributed by atoms with E-state index in [2.05, 4.69) is 21.4 Å². The second kappa shape index (κ2) is 7.24. The van der Waals surface area contributed by atoms with Crippen LogP contribution in [0.4, 0.5) is 0 Å². The van der Waals surface area contributed by atoms with Crippen molar-refractivity contribution in [3.05, 3.63) is 70.6 Å². The summed E-state index contributed by atoms with van der Waals surface area (Å²) in [5, 5.41) is 17.8. The van der Waals surface area contributed by atoms with E-state index < -0.39 is 0 Å². The molecule has 0 bridgehead atoms. The lowest BCUT2D eigenvalue weighted by molar-refractivity contribution is 0.394. The van der Waals surface area contributed by atoms with Crippen LogP contribution in [0.15, 0.2) is 45.4 Å². The average Bonchev–Trinajstić information content (AvgIpc) is 3.40. The zero-order valence-corrected chi connectivity index (χ0v) is 16.6. The molecule has 7 nitrogen and oxygen atoms in total. The maximum absolute atomic E-state index is 9.66. The lowest BCUT2D eigenvalue weighted by atomic mass is 10.1. The van der Waals surface area contributed by atoms with Crippen molar-refractivity contribution in [2.45, 2.75) is 27.7 Å². The highest BCUT2D eigenvalue weighted by atomic mass is 16.5. The SMILES string of the molecule is Cc1ccc(-c2noc(C(C#N)=Cc3cc(C)n(-c4cc(C)on4)c3C)n2)cc1. The highest BCUT2D eigenvalue weighted by Crippen LogP contribution is 2.26. The first-order valence-corrected chi connectivity index (χ1v) is 9.12. The smallest absolute Gasteiger partial charge is 0.268 e. The molecule has 0 N–H and O–H groups in total. The Balaban J connectivity index is 1.71. The second-order valence-corrected chi connectivity index (χ2v) is 6.92. The molecule has 1 aromatic carbocycles. The first kappa shape index (κ1) is 18.4. The number of allylic oxidation sites excluding steroid dienone is 1. The van der Waals surface area contributed by atoms with Gasteiger partial charge in [0.2, 0.25) is 5.82 Å². The van der Waals surface area contributed by atoms with Crippen molar-refractivity contribution in [2.24, 2.45) is 0 Å². The molecule has 0 unspecified atom stereocenters. The molecule has 0 amide bonds. The minimum atomic E-state index is 0.185. The Bertz CT molecular complexity index is 1250. The van der Waals surface area contributed by atoms with Gasteiger partial charge in [-0.05, 0) is 45.4 Å². The molecule has 4 rings (SSSR count). The van der Waals surface area contributed by atoms with Crippen molar-refractivity contribution in [1.82, 2.24) is 19.9 Å². The van der Waals surface area contributed by atoms with Crippen molar-refractivity contribution in [1.29, 1.82) is 5.26 Å². The predicted molar refractivity (Wildman–Crippen MR) is 108 cm³/mol. The normalized spacial score (nSPS) is 11.6. The van der Waals surface area contributed by atoms with Gasteiger partial charge in [0.1, 0.15) is 17.4 Å². The van der Waals surface area contributed by atoms with E-state index in [4.69, 9.17) is 9.05 Å². The maximum atomic E-state index is 9.66. The van der Waals surface area contributed by atoms with Crippen molar-refractivity contribution in [2.75, 3.05) is 0 Å². The van der Waals surface area contributed by atoms with E-state index in [9.17, 15) is 5.26 Å². The van der Waals surface area contributed by atoms with Crippen LogP contribution >= 0.6 is 0 Å². The number of rotatable bonds is 4. The molecule has 0 aliphatic heterocycles. The highest BCUT2D eigenvalue weighted by molar-refractivity contribution is 5.87. The molecule has 0 radical (unpaired) electrons. The molecule has 0 fully saturated rings. The molecule has 0 spiro atoms. The van der Waals surface area contributed by atoms with Crippen molar-refractivity contribution in [3.8, 4) is 23.3 Å². The van der Waals surface area contributed by atoms with E-state index in [1.165, 1.54) is 0 Å². The summed E-state index contributed by atoms with van der Waals surface area (Å²) in [6.07, 6.45) is 1.75. The molecule has 3 heterocycles. The van der Waals surface area contributed by atoms with Crippen LogP contribution in [0.2, 0.25) is 0 Å². The highest BCUT2D eigenvalue weighted by Gasteiger charge is 2.16. The van der Waals surface area contributed by atoms with Gasteiger partial charge in [-0.2, -0.15) is 10.2 Å². The predicted octanol–water partition coefficient (Wildman–Crippen LogP) is 4.81. The topological polar surface area (TPSA) is 93.7 Å². The molecule has 3 aromatic heterocycles. The van der Waals surface area contributed by atoms with Gasteiger partial charge in [0.25, 0.3) is 5.89 Å². The van der Waals surface area contributed by atoms with Crippen LogP contribution in [0.5, 0.6) is 0 Å². The third kappa shape index (κ3) is 3.48. The lowest BCUT2D eigenvalue weighted by Crippen LogP contribution is -1.99. The van der Waals surface area contributed by atoms with E-state index in [1.807, 2.05) is 68.7 Å². The lowest BCUT2D eigenvalue weighted by Gasteiger charge is -2.04. The maximum Gasteiger partial charge on any atom is 0.268 e. The summed E-state index contributed by atoms with van der Waals surface area (Å²) >= 11 is 0. The monoisotopic (exact) mass is 385 g/mol. The number of nitriles is 1. The molecule has 4 aromatic rings. The summed E-state index contributed by atoms with van der Waals surface area (Å²) in [5.41, 5.74) is 5.06. The zero-order chi connectivity index (χ0) is 20.5. The van der Waals surface area contributed by atoms with Crippen molar-refractivity contribution < 1.29 is 9.05 Å². The van der Waals surface area contributed by atoms with E-state index >= 15 is 0 Å². The molecule has 0 aliphatic carbocycles. The van der Waals surface area contributed by atoms with Gasteiger partial charge in [-0.15, -0.1) is 0 Å². The number of aryl methyl sites for hydroxylation is 3. The van der Waals surface area contributed by atoms with Gasteiger partial charge >= 0.3 is 0 Å². The quantitative estimate of drug-likeness (QED) is 0.468. The summed E-state index contributed by atoms with van der Waals surface area (Å²) in [4.78, 5) is 4.40. The van der Waals surface area contributed by atoms with Crippen LogP contribution in [0, 0.1) is 39.0 Å². The Hall–Kier alpha value is -3.92. The van der Waals surface area contributed by atoms with Gasteiger partial charge in [0, 0.05) is 23.0 Å². The first-order chi connectivity index (χ1) is 14.0. The number of aromatic nitrogens is 4. The van der Waals surface area contributed by atoms with Crippen LogP contribution in [-0.2, 0) is 0 Å². The summed E-state index contributed by atoms with van der Waals surface area (Å²) in [7, 11) is 0. The molecule has 0 aliphatic rings. The van der Waals surface area contributed by atoms with Crippen LogP contribution < -0.4 is 0 Å². The summed E-state index contributed by atoms with van der Waals surface area (Å²) in [6, 6.07) is 13.8. The minimum Gasteiger partial charge on any atom is -0.360 e. The van der Waals surface area contributed by atoms with Crippen LogP contribution in [0.3, 0.4) is 0 Å². The van der Waals surface area contributed by atoms with Crippen LogP contribution in [0.1, 0.15) is 34.2 Å². The standard InChI is InChI=1S/C22H19N5O2/c1-13-5-7-17(8-6-13)21-24-22(29-26-21)19(12-23)11-18-9-14(2)27(16(18)4)20-10-15(3)28-25-20/h5-11H,1-4H3. The Morgan fingerprint density at radius 2 is 1.79 bits per heavy atom. The van der Waals surface area contributed by atoms with E-state index in [0.29, 0.717) is 17.2 Å². The molecule has 7 heteroatoms. The van der Waals surface area contributed by atoms with Gasteiger partial charge in [0.15, 0.2) is 5.82 Å².